The molecule has 0 unspecified atom stereocenters. The van der Waals surface area contributed by atoms with Gasteiger partial charge in [-0.15, -0.1) is 0 Å². The van der Waals surface area contributed by atoms with E-state index in [1.165, 1.54) is 4.31 Å². The Hall–Kier alpha value is -2.19. The Labute approximate surface area is 141 Å². The molecule has 0 bridgehead atoms. The van der Waals surface area contributed by atoms with Crippen LogP contribution in [0.1, 0.15) is 24.1 Å². The van der Waals surface area contributed by atoms with E-state index >= 15 is 0 Å². The van der Waals surface area contributed by atoms with Crippen LogP contribution in [-0.2, 0) is 14.8 Å². The quantitative estimate of drug-likeness (QED) is 0.881. The number of hydrogen-bond acceptors (Lipinski definition) is 4. The molecule has 8 heteroatoms. The van der Waals surface area contributed by atoms with Crippen molar-refractivity contribution in [2.75, 3.05) is 11.9 Å². The molecule has 0 spiro atoms. The first-order chi connectivity index (χ1) is 11.4. The third kappa shape index (κ3) is 3.20. The monoisotopic (exact) mass is 348 g/mol. The number of aromatic nitrogens is 2. The zero-order valence-corrected chi connectivity index (χ0v) is 14.4. The van der Waals surface area contributed by atoms with Gasteiger partial charge in [0.25, 0.3) is 0 Å². The van der Waals surface area contributed by atoms with Gasteiger partial charge in [-0.2, -0.15) is 9.40 Å². The fourth-order valence-electron chi connectivity index (χ4n) is 2.83. The van der Waals surface area contributed by atoms with Gasteiger partial charge in [-0.25, -0.2) is 8.42 Å². The summed E-state index contributed by atoms with van der Waals surface area (Å²) in [6, 6.07) is 7.65. The molecular formula is C16H20N4O3S. The summed E-state index contributed by atoms with van der Waals surface area (Å²) in [5.41, 5.74) is 1.81. The number of rotatable bonds is 4. The van der Waals surface area contributed by atoms with Crippen LogP contribution >= 0.6 is 0 Å². The van der Waals surface area contributed by atoms with Gasteiger partial charge >= 0.3 is 0 Å². The molecule has 24 heavy (non-hydrogen) atoms. The van der Waals surface area contributed by atoms with E-state index in [1.54, 1.807) is 30.3 Å². The molecule has 1 saturated heterocycles. The van der Waals surface area contributed by atoms with Crippen molar-refractivity contribution in [3.63, 3.8) is 0 Å². The highest BCUT2D eigenvalue weighted by molar-refractivity contribution is 7.89. The number of carbonyl (C=O) groups is 1. The Kier molecular flexibility index (Phi) is 4.42. The number of nitrogens with zero attached hydrogens (tertiary/aromatic N) is 2. The number of carbonyl (C=O) groups excluding carboxylic acids is 1. The summed E-state index contributed by atoms with van der Waals surface area (Å²) in [6.07, 6.45) is 1.16. The third-order valence-electron chi connectivity index (χ3n) is 4.09. The van der Waals surface area contributed by atoms with Gasteiger partial charge < -0.3 is 5.32 Å². The molecule has 2 heterocycles. The average molecular weight is 348 g/mol. The number of benzene rings is 1. The molecule has 1 aliphatic rings. The lowest BCUT2D eigenvalue weighted by Gasteiger charge is -2.23. The normalized spacial score (nSPS) is 18.7. The second-order valence-electron chi connectivity index (χ2n) is 6.01. The highest BCUT2D eigenvalue weighted by Gasteiger charge is 2.39. The molecule has 1 atom stereocenters. The van der Waals surface area contributed by atoms with E-state index in [-0.39, 0.29) is 10.8 Å². The first kappa shape index (κ1) is 16.7. The summed E-state index contributed by atoms with van der Waals surface area (Å²) >= 11 is 0. The number of hydrogen-bond donors (Lipinski definition) is 2. The second kappa shape index (κ2) is 6.37. The molecule has 1 aliphatic heterocycles. The van der Waals surface area contributed by atoms with Crippen molar-refractivity contribution in [3.05, 3.63) is 41.6 Å². The Morgan fingerprint density at radius 3 is 2.62 bits per heavy atom. The number of aromatic amines is 1. The Bertz CT molecular complexity index is 842. The van der Waals surface area contributed by atoms with Crippen molar-refractivity contribution < 1.29 is 13.2 Å². The third-order valence-corrected chi connectivity index (χ3v) is 6.01. The topological polar surface area (TPSA) is 95.2 Å². The lowest BCUT2D eigenvalue weighted by atomic mass is 10.2. The first-order valence-electron chi connectivity index (χ1n) is 7.79. The van der Waals surface area contributed by atoms with Crippen molar-refractivity contribution in [1.29, 1.82) is 0 Å². The molecule has 2 aromatic rings. The van der Waals surface area contributed by atoms with Crippen LogP contribution in [-0.4, -0.2) is 41.4 Å². The SMILES string of the molecule is Cc1ccc(S(=O)(=O)N2CCC[C@H]2C(=O)Nc2cc(C)[nH]n2)cc1. The fraction of sp³-hybridized carbons (Fsp3) is 0.375. The van der Waals surface area contributed by atoms with Gasteiger partial charge in [0, 0.05) is 18.3 Å². The molecule has 7 nitrogen and oxygen atoms in total. The van der Waals surface area contributed by atoms with Crippen LogP contribution in [0.15, 0.2) is 35.2 Å². The molecule has 1 aromatic carbocycles. The molecular weight excluding hydrogens is 328 g/mol. The van der Waals surface area contributed by atoms with Crippen LogP contribution in [0.5, 0.6) is 0 Å². The van der Waals surface area contributed by atoms with Crippen molar-refractivity contribution in [2.24, 2.45) is 0 Å². The lowest BCUT2D eigenvalue weighted by Crippen LogP contribution is -2.43. The molecule has 0 saturated carbocycles. The molecule has 0 aliphatic carbocycles. The average Bonchev–Trinajstić information content (AvgIpc) is 3.17. The molecule has 128 valence electrons. The minimum Gasteiger partial charge on any atom is -0.308 e. The smallest absolute Gasteiger partial charge is 0.244 e. The van der Waals surface area contributed by atoms with Gasteiger partial charge in [-0.3, -0.25) is 9.89 Å². The van der Waals surface area contributed by atoms with E-state index in [0.717, 1.165) is 11.3 Å². The van der Waals surface area contributed by atoms with Gasteiger partial charge in [0.15, 0.2) is 5.82 Å². The van der Waals surface area contributed by atoms with Crippen molar-refractivity contribution >= 4 is 21.7 Å². The Morgan fingerprint density at radius 1 is 1.29 bits per heavy atom. The van der Waals surface area contributed by atoms with E-state index in [4.69, 9.17) is 0 Å². The van der Waals surface area contributed by atoms with Gasteiger partial charge in [-0.05, 0) is 38.8 Å². The minimum atomic E-state index is -3.69. The van der Waals surface area contributed by atoms with Crippen LogP contribution < -0.4 is 5.32 Å². The molecule has 1 amide bonds. The largest absolute Gasteiger partial charge is 0.308 e. The summed E-state index contributed by atoms with van der Waals surface area (Å²) < 4.78 is 27.0. The van der Waals surface area contributed by atoms with Gasteiger partial charge in [0.2, 0.25) is 15.9 Å². The highest BCUT2D eigenvalue weighted by atomic mass is 32.2. The Balaban J connectivity index is 1.81. The molecule has 1 fully saturated rings. The van der Waals surface area contributed by atoms with Gasteiger partial charge in [0.05, 0.1) is 4.90 Å². The zero-order valence-electron chi connectivity index (χ0n) is 13.6. The maximum atomic E-state index is 12.8. The van der Waals surface area contributed by atoms with E-state index in [9.17, 15) is 13.2 Å². The standard InChI is InChI=1S/C16H20N4O3S/c1-11-5-7-13(8-6-11)24(22,23)20-9-3-4-14(20)16(21)17-15-10-12(2)18-19-15/h5-8,10,14H,3-4,9H2,1-2H3,(H2,17,18,19,21)/t14-/m0/s1. The minimum absolute atomic E-state index is 0.211. The van der Waals surface area contributed by atoms with E-state index < -0.39 is 16.1 Å². The fourth-order valence-corrected chi connectivity index (χ4v) is 4.48. The summed E-state index contributed by atoms with van der Waals surface area (Å²) in [6.45, 7) is 4.06. The van der Waals surface area contributed by atoms with E-state index in [1.807, 2.05) is 13.8 Å². The maximum Gasteiger partial charge on any atom is 0.244 e. The van der Waals surface area contributed by atoms with Crippen molar-refractivity contribution in [3.8, 4) is 0 Å². The van der Waals surface area contributed by atoms with Crippen molar-refractivity contribution in [1.82, 2.24) is 14.5 Å². The van der Waals surface area contributed by atoms with Crippen LogP contribution in [0.25, 0.3) is 0 Å². The number of amides is 1. The van der Waals surface area contributed by atoms with Crippen LogP contribution in [0.4, 0.5) is 5.82 Å². The number of sulfonamides is 1. The predicted octanol–water partition coefficient (Wildman–Crippen LogP) is 1.82. The summed E-state index contributed by atoms with van der Waals surface area (Å²) in [5.74, 6) is 0.0479. The van der Waals surface area contributed by atoms with Crippen LogP contribution in [0.2, 0.25) is 0 Å². The first-order valence-corrected chi connectivity index (χ1v) is 9.23. The summed E-state index contributed by atoms with van der Waals surface area (Å²) in [4.78, 5) is 12.7. The molecule has 2 N–H and O–H groups in total. The Morgan fingerprint density at radius 2 is 2.00 bits per heavy atom. The summed E-state index contributed by atoms with van der Waals surface area (Å²) in [5, 5.41) is 9.38. The van der Waals surface area contributed by atoms with Crippen LogP contribution in [0, 0.1) is 13.8 Å². The predicted molar refractivity (Wildman–Crippen MR) is 90.0 cm³/mol. The van der Waals surface area contributed by atoms with E-state index in [0.29, 0.717) is 25.2 Å². The molecule has 0 radical (unpaired) electrons. The second-order valence-corrected chi connectivity index (χ2v) is 7.90. The highest BCUT2D eigenvalue weighted by Crippen LogP contribution is 2.27. The molecule has 1 aromatic heterocycles. The van der Waals surface area contributed by atoms with Gasteiger partial charge in [-0.1, -0.05) is 17.7 Å². The maximum absolute atomic E-state index is 12.8. The van der Waals surface area contributed by atoms with Crippen LogP contribution in [0.3, 0.4) is 0 Å². The lowest BCUT2D eigenvalue weighted by molar-refractivity contribution is -0.119. The van der Waals surface area contributed by atoms with Gasteiger partial charge in [0.1, 0.15) is 6.04 Å². The number of H-pyrrole nitrogens is 1. The summed E-state index contributed by atoms with van der Waals surface area (Å²) in [7, 11) is -3.69. The zero-order chi connectivity index (χ0) is 17.3. The number of aryl methyl sites for hydroxylation is 2. The number of anilines is 1. The van der Waals surface area contributed by atoms with Crippen molar-refractivity contribution in [2.45, 2.75) is 37.6 Å². The van der Waals surface area contributed by atoms with E-state index in [2.05, 4.69) is 15.5 Å². The number of nitrogens with one attached hydrogen (secondary N) is 2. The molecule has 3 rings (SSSR count).